The Morgan fingerprint density at radius 3 is 2.62 bits per heavy atom. The highest BCUT2D eigenvalue weighted by Crippen LogP contribution is 2.37. The van der Waals surface area contributed by atoms with Crippen LogP contribution in [0.2, 0.25) is 5.02 Å². The number of rotatable bonds is 8. The molecule has 0 bridgehead atoms. The van der Waals surface area contributed by atoms with Crippen LogP contribution in [0.3, 0.4) is 0 Å². The van der Waals surface area contributed by atoms with Gasteiger partial charge in [-0.15, -0.1) is 0 Å². The first-order chi connectivity index (χ1) is 18.0. The number of halogens is 2. The zero-order chi connectivity index (χ0) is 25.8. The monoisotopic (exact) mass is 522 g/mol. The third-order valence-electron chi connectivity index (χ3n) is 6.45. The Kier molecular flexibility index (Phi) is 7.58. The molecule has 9 heteroatoms. The summed E-state index contributed by atoms with van der Waals surface area (Å²) in [5, 5.41) is 4.44. The van der Waals surface area contributed by atoms with Crippen molar-refractivity contribution in [3.8, 4) is 23.0 Å². The topological polar surface area (TPSA) is 68.7 Å². The van der Waals surface area contributed by atoms with Gasteiger partial charge in [-0.3, -0.25) is 0 Å². The van der Waals surface area contributed by atoms with Gasteiger partial charge in [0, 0.05) is 23.2 Å². The maximum atomic E-state index is 13.5. The number of nitrogens with one attached hydrogen (secondary N) is 1. The number of anilines is 2. The van der Waals surface area contributed by atoms with Crippen molar-refractivity contribution in [3.63, 3.8) is 0 Å². The number of benzene rings is 3. The Morgan fingerprint density at radius 2 is 1.86 bits per heavy atom. The first kappa shape index (κ1) is 25.0. The lowest BCUT2D eigenvalue weighted by Crippen LogP contribution is -2.32. The van der Waals surface area contributed by atoms with Crippen LogP contribution in [-0.2, 0) is 0 Å². The van der Waals surface area contributed by atoms with Gasteiger partial charge in [-0.2, -0.15) is 0 Å². The van der Waals surface area contributed by atoms with E-state index in [2.05, 4.69) is 27.2 Å². The molecule has 0 atom stereocenters. The third-order valence-corrected chi connectivity index (χ3v) is 6.75. The second kappa shape index (κ2) is 11.2. The van der Waals surface area contributed by atoms with Gasteiger partial charge in [0.2, 0.25) is 0 Å². The summed E-state index contributed by atoms with van der Waals surface area (Å²) in [6, 6.07) is 14.9. The first-order valence-corrected chi connectivity index (χ1v) is 12.5. The van der Waals surface area contributed by atoms with Crippen LogP contribution in [0.5, 0.6) is 23.0 Å². The Hall–Kier alpha value is -3.62. The second-order valence-corrected chi connectivity index (χ2v) is 9.54. The van der Waals surface area contributed by atoms with E-state index in [0.29, 0.717) is 52.1 Å². The quantitative estimate of drug-likeness (QED) is 0.276. The molecular weight excluding hydrogens is 495 g/mol. The lowest BCUT2D eigenvalue weighted by molar-refractivity contribution is 0.157. The molecule has 1 saturated heterocycles. The summed E-state index contributed by atoms with van der Waals surface area (Å²) in [4.78, 5) is 11.2. The normalized spacial score (nSPS) is 14.5. The van der Waals surface area contributed by atoms with Crippen LogP contribution in [0.25, 0.3) is 10.9 Å². The summed E-state index contributed by atoms with van der Waals surface area (Å²) in [7, 11) is 3.77. The molecule has 0 saturated carbocycles. The molecule has 3 aromatic carbocycles. The fourth-order valence-corrected chi connectivity index (χ4v) is 4.55. The number of nitrogens with zero attached hydrogens (tertiary/aromatic N) is 3. The highest BCUT2D eigenvalue weighted by Gasteiger charge is 2.19. The molecule has 1 aromatic heterocycles. The van der Waals surface area contributed by atoms with Gasteiger partial charge in [0.25, 0.3) is 0 Å². The first-order valence-electron chi connectivity index (χ1n) is 12.1. The minimum Gasteiger partial charge on any atom is -0.493 e. The van der Waals surface area contributed by atoms with Crippen molar-refractivity contribution in [2.24, 2.45) is 5.92 Å². The molecule has 0 aliphatic carbocycles. The van der Waals surface area contributed by atoms with Gasteiger partial charge in [-0.25, -0.2) is 14.4 Å². The van der Waals surface area contributed by atoms with E-state index in [0.717, 1.165) is 36.8 Å². The summed E-state index contributed by atoms with van der Waals surface area (Å²) in [6.45, 7) is 2.83. The van der Waals surface area contributed by atoms with Gasteiger partial charge < -0.3 is 24.4 Å². The molecule has 1 N–H and O–H groups in total. The molecular formula is C28H28ClFN4O3. The van der Waals surface area contributed by atoms with Crippen molar-refractivity contribution < 1.29 is 18.6 Å². The highest BCUT2D eigenvalue weighted by molar-refractivity contribution is 6.32. The molecule has 4 aromatic rings. The Balaban J connectivity index is 1.34. The Labute approximate surface area is 220 Å². The molecule has 192 valence electrons. The van der Waals surface area contributed by atoms with Crippen molar-refractivity contribution in [1.82, 2.24) is 14.9 Å². The lowest BCUT2D eigenvalue weighted by Gasteiger charge is -2.28. The lowest BCUT2D eigenvalue weighted by atomic mass is 9.98. The van der Waals surface area contributed by atoms with E-state index in [1.165, 1.54) is 18.5 Å². The van der Waals surface area contributed by atoms with Crippen molar-refractivity contribution in [2.45, 2.75) is 12.8 Å². The van der Waals surface area contributed by atoms with Gasteiger partial charge in [0.1, 0.15) is 29.5 Å². The molecule has 0 unspecified atom stereocenters. The highest BCUT2D eigenvalue weighted by atomic mass is 35.5. The number of piperidine rings is 1. The molecule has 37 heavy (non-hydrogen) atoms. The fourth-order valence-electron chi connectivity index (χ4n) is 4.33. The van der Waals surface area contributed by atoms with Crippen LogP contribution >= 0.6 is 11.6 Å². The van der Waals surface area contributed by atoms with Crippen molar-refractivity contribution >= 4 is 34.0 Å². The van der Waals surface area contributed by atoms with Crippen LogP contribution in [0.1, 0.15) is 12.8 Å². The summed E-state index contributed by atoms with van der Waals surface area (Å²) >= 11 is 6.45. The third kappa shape index (κ3) is 6.03. The molecule has 2 heterocycles. The SMILES string of the molecule is COc1cc2c(Nc3ccc(Oc4cccc(F)c4)c(Cl)c3)ncnc2cc1OCC1CCN(C)CC1. The van der Waals surface area contributed by atoms with Gasteiger partial charge >= 0.3 is 0 Å². The molecule has 1 aliphatic heterocycles. The number of ether oxygens (including phenoxy) is 3. The minimum atomic E-state index is -0.381. The van der Waals surface area contributed by atoms with E-state index in [9.17, 15) is 4.39 Å². The van der Waals surface area contributed by atoms with Crippen LogP contribution in [0.15, 0.2) is 60.9 Å². The predicted molar refractivity (Wildman–Crippen MR) is 143 cm³/mol. The predicted octanol–water partition coefficient (Wildman–Crippen LogP) is 6.69. The van der Waals surface area contributed by atoms with E-state index in [4.69, 9.17) is 25.8 Å². The zero-order valence-corrected chi connectivity index (χ0v) is 21.5. The van der Waals surface area contributed by atoms with Crippen molar-refractivity contribution in [1.29, 1.82) is 0 Å². The largest absolute Gasteiger partial charge is 0.493 e. The minimum absolute atomic E-state index is 0.366. The fraction of sp³-hybridized carbons (Fsp3) is 0.286. The van der Waals surface area contributed by atoms with Crippen LogP contribution < -0.4 is 19.5 Å². The average Bonchev–Trinajstić information content (AvgIpc) is 2.89. The van der Waals surface area contributed by atoms with Gasteiger partial charge in [0.15, 0.2) is 11.5 Å². The molecule has 0 amide bonds. The molecule has 1 fully saturated rings. The summed E-state index contributed by atoms with van der Waals surface area (Å²) < 4.78 is 31.0. The van der Waals surface area contributed by atoms with Gasteiger partial charge in [-0.1, -0.05) is 17.7 Å². The summed E-state index contributed by atoms with van der Waals surface area (Å²) in [5.74, 6) is 2.81. The number of likely N-dealkylation sites (tertiary alicyclic amines) is 1. The molecule has 0 spiro atoms. The molecule has 1 aliphatic rings. The maximum absolute atomic E-state index is 13.5. The maximum Gasteiger partial charge on any atom is 0.163 e. The smallest absolute Gasteiger partial charge is 0.163 e. The average molecular weight is 523 g/mol. The van der Waals surface area contributed by atoms with Crippen molar-refractivity contribution in [2.75, 3.05) is 39.2 Å². The van der Waals surface area contributed by atoms with Gasteiger partial charge in [0.05, 0.1) is 24.3 Å². The number of hydrogen-bond acceptors (Lipinski definition) is 7. The Bertz CT molecular complexity index is 1400. The van der Waals surface area contributed by atoms with E-state index < -0.39 is 0 Å². The Morgan fingerprint density at radius 1 is 1.03 bits per heavy atom. The molecule has 7 nitrogen and oxygen atoms in total. The number of aromatic nitrogens is 2. The van der Waals surface area contributed by atoms with Gasteiger partial charge in [-0.05, 0) is 75.3 Å². The van der Waals surface area contributed by atoms with E-state index in [1.807, 2.05) is 18.2 Å². The molecule has 0 radical (unpaired) electrons. The number of hydrogen-bond donors (Lipinski definition) is 1. The summed E-state index contributed by atoms with van der Waals surface area (Å²) in [5.41, 5.74) is 1.44. The van der Waals surface area contributed by atoms with E-state index >= 15 is 0 Å². The molecule has 5 rings (SSSR count). The van der Waals surface area contributed by atoms with Crippen molar-refractivity contribution in [3.05, 3.63) is 71.8 Å². The summed E-state index contributed by atoms with van der Waals surface area (Å²) in [6.07, 6.45) is 3.75. The number of fused-ring (bicyclic) bond motifs is 1. The number of methoxy groups -OCH3 is 1. The van der Waals surface area contributed by atoms with E-state index in [-0.39, 0.29) is 5.82 Å². The zero-order valence-electron chi connectivity index (χ0n) is 20.7. The second-order valence-electron chi connectivity index (χ2n) is 9.13. The van der Waals surface area contributed by atoms with Crippen LogP contribution in [0, 0.1) is 11.7 Å². The standard InChI is InChI=1S/C28H28ClFN4O3/c1-34-10-8-18(9-11-34)16-36-27-15-24-22(14-26(27)35-2)28(32-17-31-24)33-20-6-7-25(23(29)13-20)37-21-5-3-4-19(30)12-21/h3-7,12-15,17-18H,8-11,16H2,1-2H3,(H,31,32,33). The van der Waals surface area contributed by atoms with Crippen LogP contribution in [-0.4, -0.2) is 48.7 Å². The van der Waals surface area contributed by atoms with Crippen LogP contribution in [0.4, 0.5) is 15.9 Å². The van der Waals surface area contributed by atoms with E-state index in [1.54, 1.807) is 31.4 Å².